The highest BCUT2D eigenvalue weighted by atomic mass is 19.1. The molecule has 0 radical (unpaired) electrons. The lowest BCUT2D eigenvalue weighted by atomic mass is 9.77. The summed E-state index contributed by atoms with van der Waals surface area (Å²) in [5.41, 5.74) is 6.33. The lowest BCUT2D eigenvalue weighted by molar-refractivity contribution is 0.283. The Balaban J connectivity index is 2.45. The van der Waals surface area contributed by atoms with Crippen LogP contribution in [0.15, 0.2) is 12.1 Å². The summed E-state index contributed by atoms with van der Waals surface area (Å²) in [6.45, 7) is 0. The average molecular weight is 253 g/mol. The van der Waals surface area contributed by atoms with E-state index < -0.39 is 5.54 Å². The SMILES string of the molecule is COc1ccc(C2(N)CCCCC2)c(F)c1OC. The predicted octanol–water partition coefficient (Wildman–Crippen LogP) is 2.96. The third-order valence-corrected chi connectivity index (χ3v) is 3.77. The second-order valence-corrected chi connectivity index (χ2v) is 4.88. The van der Waals surface area contributed by atoms with Crippen molar-refractivity contribution in [2.75, 3.05) is 14.2 Å². The molecule has 4 heteroatoms. The summed E-state index contributed by atoms with van der Waals surface area (Å²) in [6, 6.07) is 3.45. The van der Waals surface area contributed by atoms with Gasteiger partial charge in [-0.05, 0) is 18.9 Å². The molecule has 1 fully saturated rings. The number of ether oxygens (including phenoxy) is 2. The van der Waals surface area contributed by atoms with Gasteiger partial charge in [0.2, 0.25) is 0 Å². The second-order valence-electron chi connectivity index (χ2n) is 4.88. The summed E-state index contributed by atoms with van der Waals surface area (Å²) in [5.74, 6) is 0.157. The molecule has 18 heavy (non-hydrogen) atoms. The maximum Gasteiger partial charge on any atom is 0.197 e. The molecule has 2 rings (SSSR count). The van der Waals surface area contributed by atoms with Gasteiger partial charge in [0.15, 0.2) is 17.3 Å². The van der Waals surface area contributed by atoms with Crippen LogP contribution in [0.5, 0.6) is 11.5 Å². The maximum atomic E-state index is 14.5. The Morgan fingerprint density at radius 1 is 1.11 bits per heavy atom. The lowest BCUT2D eigenvalue weighted by Crippen LogP contribution is -2.39. The van der Waals surface area contributed by atoms with Gasteiger partial charge in [-0.2, -0.15) is 0 Å². The zero-order valence-electron chi connectivity index (χ0n) is 11.0. The Labute approximate surface area is 107 Å². The third-order valence-electron chi connectivity index (χ3n) is 3.77. The highest BCUT2D eigenvalue weighted by Crippen LogP contribution is 2.41. The van der Waals surface area contributed by atoms with Crippen LogP contribution >= 0.6 is 0 Å². The van der Waals surface area contributed by atoms with Crippen molar-refractivity contribution in [3.63, 3.8) is 0 Å². The molecule has 1 aliphatic rings. The normalized spacial score (nSPS) is 18.4. The van der Waals surface area contributed by atoms with E-state index in [2.05, 4.69) is 0 Å². The van der Waals surface area contributed by atoms with Gasteiger partial charge >= 0.3 is 0 Å². The van der Waals surface area contributed by atoms with Crippen LogP contribution < -0.4 is 15.2 Å². The fourth-order valence-electron chi connectivity index (χ4n) is 2.73. The Bertz CT molecular complexity index is 428. The molecule has 100 valence electrons. The first-order valence-electron chi connectivity index (χ1n) is 6.32. The molecule has 0 spiro atoms. The molecule has 3 nitrogen and oxygen atoms in total. The summed E-state index contributed by atoms with van der Waals surface area (Å²) in [7, 11) is 2.94. The van der Waals surface area contributed by atoms with Crippen molar-refractivity contribution in [2.24, 2.45) is 5.73 Å². The van der Waals surface area contributed by atoms with Crippen molar-refractivity contribution in [3.05, 3.63) is 23.5 Å². The molecular weight excluding hydrogens is 233 g/mol. The first-order valence-corrected chi connectivity index (χ1v) is 6.32. The van der Waals surface area contributed by atoms with Crippen LogP contribution in [0.4, 0.5) is 4.39 Å². The van der Waals surface area contributed by atoms with E-state index in [9.17, 15) is 4.39 Å². The van der Waals surface area contributed by atoms with Gasteiger partial charge in [0.05, 0.1) is 14.2 Å². The van der Waals surface area contributed by atoms with Gasteiger partial charge < -0.3 is 15.2 Å². The van der Waals surface area contributed by atoms with Gasteiger partial charge in [0.1, 0.15) is 0 Å². The number of methoxy groups -OCH3 is 2. The van der Waals surface area contributed by atoms with Crippen LogP contribution in [0.3, 0.4) is 0 Å². The minimum absolute atomic E-state index is 0.144. The third kappa shape index (κ3) is 2.17. The van der Waals surface area contributed by atoms with E-state index in [1.807, 2.05) is 0 Å². The Hall–Kier alpha value is -1.29. The van der Waals surface area contributed by atoms with Crippen LogP contribution in [-0.2, 0) is 5.54 Å². The smallest absolute Gasteiger partial charge is 0.197 e. The fourth-order valence-corrected chi connectivity index (χ4v) is 2.73. The molecule has 0 amide bonds. The van der Waals surface area contributed by atoms with E-state index in [4.69, 9.17) is 15.2 Å². The highest BCUT2D eigenvalue weighted by molar-refractivity contribution is 5.46. The lowest BCUT2D eigenvalue weighted by Gasteiger charge is -2.34. The first-order chi connectivity index (χ1) is 8.62. The van der Waals surface area contributed by atoms with E-state index in [1.54, 1.807) is 12.1 Å². The van der Waals surface area contributed by atoms with Crippen LogP contribution in [0.1, 0.15) is 37.7 Å². The van der Waals surface area contributed by atoms with Gasteiger partial charge in [0, 0.05) is 11.1 Å². The molecule has 0 unspecified atom stereocenters. The van der Waals surface area contributed by atoms with E-state index in [0.717, 1.165) is 25.7 Å². The molecule has 1 saturated carbocycles. The highest BCUT2D eigenvalue weighted by Gasteiger charge is 2.33. The number of halogens is 1. The topological polar surface area (TPSA) is 44.5 Å². The zero-order valence-corrected chi connectivity index (χ0v) is 11.0. The van der Waals surface area contributed by atoms with E-state index in [0.29, 0.717) is 11.3 Å². The summed E-state index contributed by atoms with van der Waals surface area (Å²) < 4.78 is 24.6. The standard InChI is InChI=1S/C14H20FNO2/c1-17-11-7-6-10(12(15)13(11)18-2)14(16)8-4-3-5-9-14/h6-7H,3-5,8-9,16H2,1-2H3. The van der Waals surface area contributed by atoms with Gasteiger partial charge in [-0.3, -0.25) is 0 Å². The molecule has 0 saturated heterocycles. The van der Waals surface area contributed by atoms with Gasteiger partial charge in [-0.1, -0.05) is 25.3 Å². The van der Waals surface area contributed by atoms with Crippen LogP contribution in [-0.4, -0.2) is 14.2 Å². The minimum atomic E-state index is -0.568. The van der Waals surface area contributed by atoms with E-state index in [1.165, 1.54) is 20.6 Å². The summed E-state index contributed by atoms with van der Waals surface area (Å²) in [5, 5.41) is 0. The number of hydrogen-bond acceptors (Lipinski definition) is 3. The Kier molecular flexibility index (Phi) is 3.76. The van der Waals surface area contributed by atoms with Crippen molar-refractivity contribution in [3.8, 4) is 11.5 Å². The van der Waals surface area contributed by atoms with Crippen molar-refractivity contribution in [2.45, 2.75) is 37.6 Å². The second kappa shape index (κ2) is 5.14. The Morgan fingerprint density at radius 2 is 1.78 bits per heavy atom. The average Bonchev–Trinajstić information content (AvgIpc) is 2.38. The quantitative estimate of drug-likeness (QED) is 0.900. The Morgan fingerprint density at radius 3 is 2.33 bits per heavy atom. The number of benzene rings is 1. The molecule has 0 heterocycles. The van der Waals surface area contributed by atoms with Crippen LogP contribution in [0.25, 0.3) is 0 Å². The molecule has 0 atom stereocenters. The summed E-state index contributed by atoms with van der Waals surface area (Å²) >= 11 is 0. The molecule has 0 aliphatic heterocycles. The van der Waals surface area contributed by atoms with Crippen molar-refractivity contribution >= 4 is 0 Å². The largest absolute Gasteiger partial charge is 0.493 e. The molecule has 0 aromatic heterocycles. The van der Waals surface area contributed by atoms with E-state index >= 15 is 0 Å². The summed E-state index contributed by atoms with van der Waals surface area (Å²) in [4.78, 5) is 0. The molecule has 0 bridgehead atoms. The molecular formula is C14H20FNO2. The van der Waals surface area contributed by atoms with Crippen molar-refractivity contribution < 1.29 is 13.9 Å². The van der Waals surface area contributed by atoms with Gasteiger partial charge in [-0.25, -0.2) is 4.39 Å². The number of rotatable bonds is 3. The van der Waals surface area contributed by atoms with E-state index in [-0.39, 0.29) is 11.6 Å². The van der Waals surface area contributed by atoms with Gasteiger partial charge in [0.25, 0.3) is 0 Å². The summed E-state index contributed by atoms with van der Waals surface area (Å²) in [6.07, 6.45) is 4.90. The first kappa shape index (κ1) is 13.1. The monoisotopic (exact) mass is 253 g/mol. The molecule has 1 aliphatic carbocycles. The van der Waals surface area contributed by atoms with Crippen molar-refractivity contribution in [1.29, 1.82) is 0 Å². The van der Waals surface area contributed by atoms with Crippen LogP contribution in [0.2, 0.25) is 0 Å². The number of nitrogens with two attached hydrogens (primary N) is 1. The maximum absolute atomic E-state index is 14.5. The van der Waals surface area contributed by atoms with Crippen molar-refractivity contribution in [1.82, 2.24) is 0 Å². The molecule has 1 aromatic rings. The molecule has 2 N–H and O–H groups in total. The fraction of sp³-hybridized carbons (Fsp3) is 0.571. The number of hydrogen-bond donors (Lipinski definition) is 1. The predicted molar refractivity (Wildman–Crippen MR) is 68.5 cm³/mol. The van der Waals surface area contributed by atoms with Crippen LogP contribution in [0, 0.1) is 5.82 Å². The molecule has 1 aromatic carbocycles. The van der Waals surface area contributed by atoms with Gasteiger partial charge in [-0.15, -0.1) is 0 Å². The minimum Gasteiger partial charge on any atom is -0.493 e. The zero-order chi connectivity index (χ0) is 13.2.